The van der Waals surface area contributed by atoms with Gasteiger partial charge in [-0.05, 0) is 93.9 Å². The number of nitrogens with zero attached hydrogens (tertiary/aromatic N) is 6. The van der Waals surface area contributed by atoms with Gasteiger partial charge in [0.1, 0.15) is 0 Å². The first kappa shape index (κ1) is 37.0. The summed E-state index contributed by atoms with van der Waals surface area (Å²) >= 11 is 0. The predicted molar refractivity (Wildman–Crippen MR) is 196 cm³/mol. The van der Waals surface area contributed by atoms with E-state index in [2.05, 4.69) is 41.0 Å². The Balaban J connectivity index is 1.34. The molecule has 3 aliphatic rings. The summed E-state index contributed by atoms with van der Waals surface area (Å²) in [6, 6.07) is 15.4. The Morgan fingerprint density at radius 2 is 1.25 bits per heavy atom. The number of benzene rings is 2. The molecule has 1 atom stereocenters. The molecule has 2 saturated heterocycles. The van der Waals surface area contributed by atoms with Gasteiger partial charge in [-0.2, -0.15) is 21.3 Å². The van der Waals surface area contributed by atoms with Crippen molar-refractivity contribution in [2.75, 3.05) is 95.9 Å². The second-order valence-electron chi connectivity index (χ2n) is 14.5. The highest BCUT2D eigenvalue weighted by Gasteiger charge is 2.35. The second-order valence-corrected chi connectivity index (χ2v) is 18.3. The predicted octanol–water partition coefficient (Wildman–Crippen LogP) is 4.73. The number of anilines is 2. The van der Waals surface area contributed by atoms with Crippen molar-refractivity contribution in [1.82, 2.24) is 17.8 Å². The molecule has 5 rings (SSSR count). The van der Waals surface area contributed by atoms with Crippen molar-refractivity contribution < 1.29 is 16.8 Å². The zero-order chi connectivity index (χ0) is 34.3. The Kier molecular flexibility index (Phi) is 12.9. The molecule has 12 heteroatoms. The van der Waals surface area contributed by atoms with Gasteiger partial charge in [0.2, 0.25) is 10.0 Å². The molecule has 1 saturated carbocycles. The number of rotatable bonds is 8. The van der Waals surface area contributed by atoms with Crippen LogP contribution < -0.4 is 9.80 Å². The van der Waals surface area contributed by atoms with Crippen molar-refractivity contribution in [3.05, 3.63) is 54.1 Å². The summed E-state index contributed by atoms with van der Waals surface area (Å²) in [5.41, 5.74) is 3.26. The van der Waals surface area contributed by atoms with Crippen molar-refractivity contribution in [3.63, 3.8) is 0 Å². The van der Waals surface area contributed by atoms with Gasteiger partial charge in [0, 0.05) is 84.4 Å². The van der Waals surface area contributed by atoms with Crippen molar-refractivity contribution >= 4 is 31.6 Å². The smallest absolute Gasteiger partial charge is 0.282 e. The van der Waals surface area contributed by atoms with Crippen LogP contribution in [0.3, 0.4) is 0 Å². The van der Waals surface area contributed by atoms with Gasteiger partial charge >= 0.3 is 0 Å². The molecule has 48 heavy (non-hydrogen) atoms. The van der Waals surface area contributed by atoms with Gasteiger partial charge in [0.25, 0.3) is 10.2 Å². The third kappa shape index (κ3) is 9.51. The van der Waals surface area contributed by atoms with Gasteiger partial charge in [-0.25, -0.2) is 8.42 Å². The van der Waals surface area contributed by atoms with Crippen molar-refractivity contribution in [3.8, 4) is 0 Å². The monoisotopic (exact) mass is 702 g/mol. The van der Waals surface area contributed by atoms with Crippen molar-refractivity contribution in [2.24, 2.45) is 11.8 Å². The van der Waals surface area contributed by atoms with Gasteiger partial charge in [0.05, 0.1) is 4.90 Å². The molecule has 0 aromatic heterocycles. The number of piperazine rings is 1. The standard InChI is InChI=1S/C36H58N6O4S2/c1-31-12-14-35(15-13-31)39-24-26-40(27-25-39)48(45,46)42-23-9-21-38(30-33-10-6-5-7-11-33)20-8-22-41(28-32(2)29-42)47(43,44)36-18-16-34(17-19-36)37(3)4/h12-19,32-33H,5-11,20-30H2,1-4H3/t32-/m0/s1. The highest BCUT2D eigenvalue weighted by molar-refractivity contribution is 7.89. The summed E-state index contributed by atoms with van der Waals surface area (Å²) in [4.78, 5) is 6.96. The van der Waals surface area contributed by atoms with Crippen LogP contribution in [-0.4, -0.2) is 121 Å². The summed E-state index contributed by atoms with van der Waals surface area (Å²) in [5, 5.41) is 0. The van der Waals surface area contributed by atoms with E-state index in [1.807, 2.05) is 38.1 Å². The van der Waals surface area contributed by atoms with Gasteiger partial charge in [0.15, 0.2) is 0 Å². The first-order chi connectivity index (χ1) is 22.9. The molecule has 268 valence electrons. The minimum absolute atomic E-state index is 0.179. The normalized spacial score (nSPS) is 23.0. The highest BCUT2D eigenvalue weighted by atomic mass is 32.2. The maximum absolute atomic E-state index is 14.3. The van der Waals surface area contributed by atoms with Crippen LogP contribution in [0.5, 0.6) is 0 Å². The van der Waals surface area contributed by atoms with Crippen LogP contribution in [0.1, 0.15) is 57.4 Å². The first-order valence-corrected chi connectivity index (χ1v) is 20.8. The molecule has 0 N–H and O–H groups in total. The van der Waals surface area contributed by atoms with Crippen LogP contribution in [0.2, 0.25) is 0 Å². The van der Waals surface area contributed by atoms with Gasteiger partial charge in [-0.15, -0.1) is 0 Å². The van der Waals surface area contributed by atoms with Gasteiger partial charge < -0.3 is 14.7 Å². The lowest BCUT2D eigenvalue weighted by atomic mass is 9.89. The van der Waals surface area contributed by atoms with Crippen LogP contribution in [0.15, 0.2) is 53.4 Å². The average Bonchev–Trinajstić information content (AvgIpc) is 3.07. The van der Waals surface area contributed by atoms with Crippen LogP contribution in [-0.2, 0) is 20.2 Å². The summed E-state index contributed by atoms with van der Waals surface area (Å²) in [6.45, 7) is 10.2. The lowest BCUT2D eigenvalue weighted by molar-refractivity contribution is 0.179. The second kappa shape index (κ2) is 16.7. The number of hydrogen-bond donors (Lipinski definition) is 0. The van der Waals surface area contributed by atoms with Crippen molar-refractivity contribution in [1.29, 1.82) is 0 Å². The third-order valence-electron chi connectivity index (χ3n) is 10.3. The molecular weight excluding hydrogens is 645 g/mol. The Morgan fingerprint density at radius 3 is 1.85 bits per heavy atom. The van der Waals surface area contributed by atoms with Crippen LogP contribution >= 0.6 is 0 Å². The van der Waals surface area contributed by atoms with E-state index in [4.69, 9.17) is 0 Å². The lowest BCUT2D eigenvalue weighted by Crippen LogP contribution is -2.54. The summed E-state index contributed by atoms with van der Waals surface area (Å²) in [7, 11) is -3.63. The Morgan fingerprint density at radius 1 is 0.667 bits per heavy atom. The molecule has 1 aliphatic carbocycles. The first-order valence-electron chi connectivity index (χ1n) is 18.0. The molecule has 2 aromatic carbocycles. The number of sulfonamides is 1. The minimum atomic E-state index is -3.77. The van der Waals surface area contributed by atoms with Crippen LogP contribution in [0.25, 0.3) is 0 Å². The number of aryl methyl sites for hydroxylation is 1. The number of hydrogen-bond acceptors (Lipinski definition) is 7. The Labute approximate surface area is 290 Å². The van der Waals surface area contributed by atoms with E-state index in [0.717, 1.165) is 43.9 Å². The third-order valence-corrected chi connectivity index (χ3v) is 14.2. The fourth-order valence-corrected chi connectivity index (χ4v) is 10.8. The SMILES string of the molecule is Cc1ccc(N2CCN(S(=O)(=O)N3CCCN(CC4CCCCC4)CCCN(S(=O)(=O)c4ccc(N(C)C)cc4)C[C@H](C)C3)CC2)cc1. The molecule has 2 heterocycles. The fourth-order valence-electron chi connectivity index (χ4n) is 7.50. The van der Waals surface area contributed by atoms with E-state index in [9.17, 15) is 16.8 Å². The highest BCUT2D eigenvalue weighted by Crippen LogP contribution is 2.27. The molecule has 0 radical (unpaired) electrons. The van der Waals surface area contributed by atoms with Crippen molar-refractivity contribution in [2.45, 2.75) is 63.7 Å². The fraction of sp³-hybridized carbons (Fsp3) is 0.667. The molecule has 10 nitrogen and oxygen atoms in total. The van der Waals surface area contributed by atoms with E-state index in [1.165, 1.54) is 37.7 Å². The largest absolute Gasteiger partial charge is 0.378 e. The summed E-state index contributed by atoms with van der Waals surface area (Å²) in [5.74, 6) is 0.480. The quantitative estimate of drug-likeness (QED) is 0.393. The molecule has 2 aromatic rings. The van der Waals surface area contributed by atoms with E-state index < -0.39 is 20.2 Å². The molecule has 0 unspecified atom stereocenters. The van der Waals surface area contributed by atoms with Crippen LogP contribution in [0, 0.1) is 18.8 Å². The topological polar surface area (TPSA) is 87.7 Å². The molecule has 0 amide bonds. The molecule has 0 spiro atoms. The van der Waals surface area contributed by atoms with E-state index >= 15 is 0 Å². The Hall–Kier alpha value is -2.22. The van der Waals surface area contributed by atoms with Crippen LogP contribution in [0.4, 0.5) is 11.4 Å². The Bertz CT molecular complexity index is 1500. The lowest BCUT2D eigenvalue weighted by Gasteiger charge is -2.39. The summed E-state index contributed by atoms with van der Waals surface area (Å²) < 4.78 is 61.6. The summed E-state index contributed by atoms with van der Waals surface area (Å²) in [6.07, 6.45) is 7.86. The maximum Gasteiger partial charge on any atom is 0.282 e. The van der Waals surface area contributed by atoms with Gasteiger partial charge in [-0.3, -0.25) is 0 Å². The molecule has 0 bridgehead atoms. The van der Waals surface area contributed by atoms with Gasteiger partial charge in [-0.1, -0.05) is 43.9 Å². The molecule has 2 aliphatic heterocycles. The van der Waals surface area contributed by atoms with E-state index in [1.54, 1.807) is 25.0 Å². The van der Waals surface area contributed by atoms with E-state index in [-0.39, 0.29) is 23.9 Å². The molecular formula is C36H58N6O4S2. The molecule has 3 fully saturated rings. The maximum atomic E-state index is 14.3. The zero-order valence-electron chi connectivity index (χ0n) is 29.6. The zero-order valence-corrected chi connectivity index (χ0v) is 31.3. The minimum Gasteiger partial charge on any atom is -0.378 e. The van der Waals surface area contributed by atoms with E-state index in [0.29, 0.717) is 45.2 Å². The average molecular weight is 703 g/mol.